The molecule has 0 saturated carbocycles. The molecule has 1 atom stereocenters. The number of hydrogen-bond acceptors (Lipinski definition) is 6. The van der Waals surface area contributed by atoms with Gasteiger partial charge in [-0.3, -0.25) is 0 Å². The first-order valence-electron chi connectivity index (χ1n) is 8.12. The third-order valence-electron chi connectivity index (χ3n) is 4.20. The van der Waals surface area contributed by atoms with Gasteiger partial charge in [-0.1, -0.05) is 35.5 Å². The largest absolute Gasteiger partial charge is 0.387 e. The molecular weight excluding hydrogens is 346 g/mol. The van der Waals surface area contributed by atoms with E-state index in [1.807, 2.05) is 18.2 Å². The lowest BCUT2D eigenvalue weighted by Crippen LogP contribution is -2.12. The number of nitrogens with zero attached hydrogens (tertiary/aromatic N) is 1. The number of aromatic nitrogens is 1. The Morgan fingerprint density at radius 3 is 2.62 bits per heavy atom. The highest BCUT2D eigenvalue weighted by molar-refractivity contribution is 5.89. The molecule has 1 aliphatic heterocycles. The van der Waals surface area contributed by atoms with Crippen molar-refractivity contribution in [2.24, 2.45) is 0 Å². The van der Waals surface area contributed by atoms with Crippen LogP contribution in [0.15, 0.2) is 40.9 Å². The highest BCUT2D eigenvalue weighted by Crippen LogP contribution is 2.34. The van der Waals surface area contributed by atoms with Crippen LogP contribution in [-0.2, 0) is 9.47 Å². The summed E-state index contributed by atoms with van der Waals surface area (Å²) in [6, 6.07) is 10.4. The molecule has 0 aliphatic carbocycles. The van der Waals surface area contributed by atoms with Crippen LogP contribution in [0.1, 0.15) is 23.5 Å². The van der Waals surface area contributed by atoms with E-state index in [1.165, 1.54) is 6.07 Å². The number of anilines is 1. The number of hydrogen-bond donors (Lipinski definition) is 2. The third-order valence-corrected chi connectivity index (χ3v) is 4.20. The Labute approximate surface area is 147 Å². The van der Waals surface area contributed by atoms with Gasteiger partial charge >= 0.3 is 0 Å². The van der Waals surface area contributed by atoms with Gasteiger partial charge in [0.15, 0.2) is 17.9 Å². The number of benzene rings is 2. The van der Waals surface area contributed by atoms with E-state index in [2.05, 4.69) is 10.5 Å². The van der Waals surface area contributed by atoms with Crippen molar-refractivity contribution in [3.05, 3.63) is 59.2 Å². The number of fused-ring (bicyclic) bond motifs is 1. The second-order valence-corrected chi connectivity index (χ2v) is 5.88. The average Bonchev–Trinajstić information content (AvgIpc) is 3.33. The lowest BCUT2D eigenvalue weighted by atomic mass is 10.1. The average molecular weight is 362 g/mol. The molecule has 8 heteroatoms. The van der Waals surface area contributed by atoms with E-state index >= 15 is 0 Å². The Hall–Kier alpha value is -2.55. The van der Waals surface area contributed by atoms with Crippen molar-refractivity contribution in [3.63, 3.8) is 0 Å². The zero-order chi connectivity index (χ0) is 18.1. The van der Waals surface area contributed by atoms with E-state index in [9.17, 15) is 13.9 Å². The molecule has 2 aromatic carbocycles. The number of aliphatic hydroxyl groups excluding tert-OH is 1. The molecule has 0 spiro atoms. The van der Waals surface area contributed by atoms with Crippen LogP contribution in [-0.4, -0.2) is 30.0 Å². The first-order chi connectivity index (χ1) is 12.6. The summed E-state index contributed by atoms with van der Waals surface area (Å²) in [6.45, 7) is 0.736. The van der Waals surface area contributed by atoms with Crippen LogP contribution >= 0.6 is 0 Å². The number of halogens is 2. The monoisotopic (exact) mass is 362 g/mol. The second kappa shape index (κ2) is 6.99. The molecule has 1 saturated heterocycles. The molecule has 1 unspecified atom stereocenters. The zero-order valence-corrected chi connectivity index (χ0v) is 13.6. The van der Waals surface area contributed by atoms with Crippen LogP contribution < -0.4 is 5.32 Å². The molecule has 2 N–H and O–H groups in total. The zero-order valence-electron chi connectivity index (χ0n) is 13.6. The van der Waals surface area contributed by atoms with Crippen LogP contribution in [0.25, 0.3) is 11.0 Å². The molecule has 1 fully saturated rings. The molecule has 1 aromatic heterocycles. The molecule has 4 rings (SSSR count). The van der Waals surface area contributed by atoms with Gasteiger partial charge in [-0.05, 0) is 11.6 Å². The maximum Gasteiger partial charge on any atom is 0.207 e. The molecule has 6 nitrogen and oxygen atoms in total. The summed E-state index contributed by atoms with van der Waals surface area (Å²) in [5, 5.41) is 17.1. The second-order valence-electron chi connectivity index (χ2n) is 5.88. The number of ether oxygens (including phenoxy) is 2. The Morgan fingerprint density at radius 2 is 1.88 bits per heavy atom. The topological polar surface area (TPSA) is 76.8 Å². The van der Waals surface area contributed by atoms with Gasteiger partial charge in [0.25, 0.3) is 0 Å². The first kappa shape index (κ1) is 16.9. The van der Waals surface area contributed by atoms with Gasteiger partial charge in [0.05, 0.1) is 24.7 Å². The van der Waals surface area contributed by atoms with Gasteiger partial charge in [-0.15, -0.1) is 0 Å². The maximum atomic E-state index is 14.3. The molecule has 0 amide bonds. The summed E-state index contributed by atoms with van der Waals surface area (Å²) in [6.07, 6.45) is -1.76. The Kier molecular flexibility index (Phi) is 4.54. The van der Waals surface area contributed by atoms with E-state index in [1.54, 1.807) is 12.1 Å². The Morgan fingerprint density at radius 1 is 1.15 bits per heavy atom. The van der Waals surface area contributed by atoms with E-state index in [0.29, 0.717) is 13.2 Å². The molecule has 2 heterocycles. The van der Waals surface area contributed by atoms with Gasteiger partial charge < -0.3 is 24.4 Å². The summed E-state index contributed by atoms with van der Waals surface area (Å²) < 4.78 is 44.0. The quantitative estimate of drug-likeness (QED) is 0.725. The van der Waals surface area contributed by atoms with Crippen molar-refractivity contribution in [1.82, 2.24) is 5.16 Å². The number of nitrogens with one attached hydrogen (secondary N) is 1. The lowest BCUT2D eigenvalue weighted by molar-refractivity contribution is -0.0467. The summed E-state index contributed by atoms with van der Waals surface area (Å²) in [4.78, 5) is 0. The van der Waals surface area contributed by atoms with E-state index in [0.717, 1.165) is 5.56 Å². The highest BCUT2D eigenvalue weighted by Gasteiger charge is 2.28. The van der Waals surface area contributed by atoms with E-state index < -0.39 is 24.0 Å². The molecule has 0 radical (unpaired) electrons. The van der Waals surface area contributed by atoms with Crippen molar-refractivity contribution in [2.45, 2.75) is 12.4 Å². The molecule has 26 heavy (non-hydrogen) atoms. The normalized spacial score (nSPS) is 16.3. The van der Waals surface area contributed by atoms with Gasteiger partial charge in [0.1, 0.15) is 0 Å². The summed E-state index contributed by atoms with van der Waals surface area (Å²) in [7, 11) is 0. The minimum atomic E-state index is -1.15. The maximum absolute atomic E-state index is 14.3. The number of aliphatic hydroxyl groups is 1. The fourth-order valence-electron chi connectivity index (χ4n) is 2.86. The van der Waals surface area contributed by atoms with Crippen LogP contribution in [0, 0.1) is 11.6 Å². The molecule has 3 aromatic rings. The smallest absolute Gasteiger partial charge is 0.207 e. The predicted octanol–water partition coefficient (Wildman–Crippen LogP) is 3.30. The standard InChI is InChI=1S/C18H16F2N2O4/c19-14-11(18-24-6-7-25-18)8-12-16(15(14)20)26-22-17(12)21-9-13(23)10-4-2-1-3-5-10/h1-5,8,13,18,23H,6-7,9H2,(H,21,22). The predicted molar refractivity (Wildman–Crippen MR) is 88.5 cm³/mol. The minimum absolute atomic E-state index is 0.0534. The van der Waals surface area contributed by atoms with E-state index in [-0.39, 0.29) is 28.9 Å². The van der Waals surface area contributed by atoms with Crippen molar-refractivity contribution in [3.8, 4) is 0 Å². The summed E-state index contributed by atoms with van der Waals surface area (Å²) in [5.41, 5.74) is 0.363. The van der Waals surface area contributed by atoms with Crippen LogP contribution in [0.2, 0.25) is 0 Å². The van der Waals surface area contributed by atoms with Crippen molar-refractivity contribution in [1.29, 1.82) is 0 Å². The Balaban J connectivity index is 1.61. The van der Waals surface area contributed by atoms with Gasteiger partial charge in [-0.25, -0.2) is 4.39 Å². The van der Waals surface area contributed by atoms with Crippen LogP contribution in [0.4, 0.5) is 14.6 Å². The van der Waals surface area contributed by atoms with Crippen molar-refractivity contribution in [2.75, 3.05) is 25.1 Å². The lowest BCUT2D eigenvalue weighted by Gasteiger charge is -2.13. The van der Waals surface area contributed by atoms with Gasteiger partial charge in [0, 0.05) is 12.1 Å². The van der Waals surface area contributed by atoms with Crippen molar-refractivity contribution >= 4 is 16.8 Å². The summed E-state index contributed by atoms with van der Waals surface area (Å²) in [5.74, 6) is -2.04. The fraction of sp³-hybridized carbons (Fsp3) is 0.278. The Bertz CT molecular complexity index is 910. The highest BCUT2D eigenvalue weighted by atomic mass is 19.2. The van der Waals surface area contributed by atoms with Gasteiger partial charge in [-0.2, -0.15) is 4.39 Å². The molecule has 136 valence electrons. The molecular formula is C18H16F2N2O4. The third kappa shape index (κ3) is 3.03. The minimum Gasteiger partial charge on any atom is -0.387 e. The summed E-state index contributed by atoms with van der Waals surface area (Å²) >= 11 is 0. The molecule has 0 bridgehead atoms. The first-order valence-corrected chi connectivity index (χ1v) is 8.12. The number of rotatable bonds is 5. The van der Waals surface area contributed by atoms with Crippen LogP contribution in [0.5, 0.6) is 0 Å². The SMILES string of the molecule is OC(CNc1noc2c(F)c(F)c(C3OCCO3)cc12)c1ccccc1. The fourth-order valence-corrected chi connectivity index (χ4v) is 2.86. The van der Waals surface area contributed by atoms with E-state index in [4.69, 9.17) is 14.0 Å². The van der Waals surface area contributed by atoms with Crippen LogP contribution in [0.3, 0.4) is 0 Å². The molecule has 1 aliphatic rings. The van der Waals surface area contributed by atoms with Gasteiger partial charge in [0.2, 0.25) is 11.4 Å². The van der Waals surface area contributed by atoms with Crippen molar-refractivity contribution < 1.29 is 27.9 Å².